The molecule has 1 aliphatic carbocycles. The number of aromatic nitrogens is 2. The Balaban J connectivity index is 1.96. The first-order valence-corrected chi connectivity index (χ1v) is 7.30. The van der Waals surface area contributed by atoms with Crippen molar-refractivity contribution < 1.29 is 5.11 Å². The highest BCUT2D eigenvalue weighted by Crippen LogP contribution is 2.37. The van der Waals surface area contributed by atoms with Crippen LogP contribution in [0.2, 0.25) is 0 Å². The second-order valence-electron chi connectivity index (χ2n) is 6.08. The second kappa shape index (κ2) is 5.43. The Bertz CT molecular complexity index is 376. The van der Waals surface area contributed by atoms with Gasteiger partial charge in [0.05, 0.1) is 17.3 Å². The maximum absolute atomic E-state index is 10.4. The highest BCUT2D eigenvalue weighted by Gasteiger charge is 2.32. The highest BCUT2D eigenvalue weighted by molar-refractivity contribution is 5.04. The minimum Gasteiger partial charge on any atom is -0.390 e. The van der Waals surface area contributed by atoms with Crippen molar-refractivity contribution in [2.75, 3.05) is 0 Å². The third-order valence-electron chi connectivity index (χ3n) is 3.97. The predicted molar refractivity (Wildman–Crippen MR) is 73.5 cm³/mol. The standard InChI is InChI=1S/C15H26N2O/c1-4-14(5-2)17-9-8-13(16-17)11-15(3,18)10-12-6-7-12/h8-9,12,14,18H,4-7,10-11H2,1-3H3. The topological polar surface area (TPSA) is 38.0 Å². The Hall–Kier alpha value is -0.830. The van der Waals surface area contributed by atoms with Crippen molar-refractivity contribution in [3.8, 4) is 0 Å². The van der Waals surface area contributed by atoms with E-state index in [-0.39, 0.29) is 0 Å². The Labute approximate surface area is 110 Å². The largest absolute Gasteiger partial charge is 0.390 e. The third kappa shape index (κ3) is 3.58. The molecule has 0 radical (unpaired) electrons. The van der Waals surface area contributed by atoms with Crippen LogP contribution in [-0.2, 0) is 6.42 Å². The molecule has 1 aliphatic rings. The van der Waals surface area contributed by atoms with Crippen LogP contribution in [0.1, 0.15) is 64.6 Å². The fourth-order valence-electron chi connectivity index (χ4n) is 2.74. The van der Waals surface area contributed by atoms with Gasteiger partial charge in [0, 0.05) is 12.6 Å². The fourth-order valence-corrected chi connectivity index (χ4v) is 2.74. The van der Waals surface area contributed by atoms with Crippen molar-refractivity contribution >= 4 is 0 Å². The molecule has 0 aliphatic heterocycles. The average Bonchev–Trinajstić information content (AvgIpc) is 2.98. The molecule has 102 valence electrons. The van der Waals surface area contributed by atoms with Gasteiger partial charge in [-0.3, -0.25) is 4.68 Å². The molecule has 0 saturated heterocycles. The molecule has 0 spiro atoms. The minimum absolute atomic E-state index is 0.493. The lowest BCUT2D eigenvalue weighted by atomic mass is 9.94. The molecule has 1 N–H and O–H groups in total. The SMILES string of the molecule is CCC(CC)n1ccc(CC(C)(O)CC2CC2)n1. The number of hydrogen-bond donors (Lipinski definition) is 1. The van der Waals surface area contributed by atoms with E-state index >= 15 is 0 Å². The Morgan fingerprint density at radius 2 is 2.11 bits per heavy atom. The van der Waals surface area contributed by atoms with E-state index in [0.717, 1.165) is 30.9 Å². The monoisotopic (exact) mass is 250 g/mol. The molecule has 3 heteroatoms. The predicted octanol–water partition coefficient (Wildman–Crippen LogP) is 3.34. The van der Waals surface area contributed by atoms with Crippen LogP contribution in [0, 0.1) is 5.92 Å². The van der Waals surface area contributed by atoms with Crippen molar-refractivity contribution in [2.45, 2.75) is 70.9 Å². The Morgan fingerprint density at radius 3 is 2.67 bits per heavy atom. The highest BCUT2D eigenvalue weighted by atomic mass is 16.3. The second-order valence-corrected chi connectivity index (χ2v) is 6.08. The van der Waals surface area contributed by atoms with Crippen molar-refractivity contribution in [1.82, 2.24) is 9.78 Å². The van der Waals surface area contributed by atoms with Gasteiger partial charge in [-0.25, -0.2) is 0 Å². The molecule has 1 aromatic rings. The van der Waals surface area contributed by atoms with E-state index in [1.54, 1.807) is 0 Å². The summed E-state index contributed by atoms with van der Waals surface area (Å²) in [5.41, 5.74) is 0.432. The van der Waals surface area contributed by atoms with Gasteiger partial charge >= 0.3 is 0 Å². The van der Waals surface area contributed by atoms with Crippen LogP contribution in [0.3, 0.4) is 0 Å². The molecule has 1 atom stereocenters. The molecule has 1 fully saturated rings. The van der Waals surface area contributed by atoms with Crippen LogP contribution in [0.25, 0.3) is 0 Å². The van der Waals surface area contributed by atoms with Gasteiger partial charge in [0.25, 0.3) is 0 Å². The lowest BCUT2D eigenvalue weighted by molar-refractivity contribution is 0.0443. The molecule has 0 amide bonds. The quantitative estimate of drug-likeness (QED) is 0.806. The summed E-state index contributed by atoms with van der Waals surface area (Å²) >= 11 is 0. The van der Waals surface area contributed by atoms with E-state index in [2.05, 4.69) is 35.9 Å². The summed E-state index contributed by atoms with van der Waals surface area (Å²) < 4.78 is 2.06. The number of aliphatic hydroxyl groups is 1. The Kier molecular flexibility index (Phi) is 4.10. The summed E-state index contributed by atoms with van der Waals surface area (Å²) in [4.78, 5) is 0. The van der Waals surface area contributed by atoms with Crippen LogP contribution < -0.4 is 0 Å². The van der Waals surface area contributed by atoms with Gasteiger partial charge in [-0.15, -0.1) is 0 Å². The van der Waals surface area contributed by atoms with Crippen LogP contribution in [0.4, 0.5) is 0 Å². The fraction of sp³-hybridized carbons (Fsp3) is 0.800. The molecular formula is C15H26N2O. The van der Waals surface area contributed by atoms with E-state index in [4.69, 9.17) is 0 Å². The summed E-state index contributed by atoms with van der Waals surface area (Å²) in [6.45, 7) is 6.33. The van der Waals surface area contributed by atoms with Crippen LogP contribution in [-0.4, -0.2) is 20.5 Å². The first-order valence-electron chi connectivity index (χ1n) is 7.30. The molecule has 1 saturated carbocycles. The maximum Gasteiger partial charge on any atom is 0.0678 e. The van der Waals surface area contributed by atoms with Crippen LogP contribution >= 0.6 is 0 Å². The van der Waals surface area contributed by atoms with Crippen molar-refractivity contribution in [3.05, 3.63) is 18.0 Å². The molecule has 2 rings (SSSR count). The van der Waals surface area contributed by atoms with E-state index in [1.165, 1.54) is 12.8 Å². The molecule has 1 unspecified atom stereocenters. The van der Waals surface area contributed by atoms with E-state index in [0.29, 0.717) is 12.5 Å². The minimum atomic E-state index is -0.589. The zero-order valence-electron chi connectivity index (χ0n) is 11.9. The van der Waals surface area contributed by atoms with Crippen LogP contribution in [0.5, 0.6) is 0 Å². The first-order chi connectivity index (χ1) is 8.54. The molecule has 1 heterocycles. The zero-order valence-corrected chi connectivity index (χ0v) is 11.9. The van der Waals surface area contributed by atoms with Gasteiger partial charge in [-0.05, 0) is 38.2 Å². The first kappa shape index (κ1) is 13.6. The summed E-state index contributed by atoms with van der Waals surface area (Å²) in [5.74, 6) is 0.751. The van der Waals surface area contributed by atoms with Crippen molar-refractivity contribution in [2.24, 2.45) is 5.92 Å². The number of hydrogen-bond acceptors (Lipinski definition) is 2. The molecule has 3 nitrogen and oxygen atoms in total. The molecule has 1 aromatic heterocycles. The maximum atomic E-state index is 10.4. The molecule has 18 heavy (non-hydrogen) atoms. The van der Waals surface area contributed by atoms with Gasteiger partial charge in [0.1, 0.15) is 0 Å². The smallest absolute Gasteiger partial charge is 0.0678 e. The molecule has 0 aromatic carbocycles. The van der Waals surface area contributed by atoms with Crippen molar-refractivity contribution in [1.29, 1.82) is 0 Å². The average molecular weight is 250 g/mol. The summed E-state index contributed by atoms with van der Waals surface area (Å²) in [6.07, 6.45) is 8.45. The van der Waals surface area contributed by atoms with Gasteiger partial charge in [0.15, 0.2) is 0 Å². The third-order valence-corrected chi connectivity index (χ3v) is 3.97. The van der Waals surface area contributed by atoms with E-state index < -0.39 is 5.60 Å². The van der Waals surface area contributed by atoms with E-state index in [9.17, 15) is 5.11 Å². The lowest BCUT2D eigenvalue weighted by Crippen LogP contribution is -2.28. The Morgan fingerprint density at radius 1 is 1.44 bits per heavy atom. The van der Waals surface area contributed by atoms with Crippen molar-refractivity contribution in [3.63, 3.8) is 0 Å². The van der Waals surface area contributed by atoms with Gasteiger partial charge in [-0.1, -0.05) is 26.7 Å². The van der Waals surface area contributed by atoms with Gasteiger partial charge < -0.3 is 5.11 Å². The molecule has 0 bridgehead atoms. The number of nitrogens with zero attached hydrogens (tertiary/aromatic N) is 2. The van der Waals surface area contributed by atoms with E-state index in [1.807, 2.05) is 6.92 Å². The van der Waals surface area contributed by atoms with Crippen LogP contribution in [0.15, 0.2) is 12.3 Å². The zero-order chi connectivity index (χ0) is 13.2. The summed E-state index contributed by atoms with van der Waals surface area (Å²) in [6, 6.07) is 2.55. The normalized spacial score (nSPS) is 19.2. The van der Waals surface area contributed by atoms with Gasteiger partial charge in [0.2, 0.25) is 0 Å². The summed E-state index contributed by atoms with van der Waals surface area (Å²) in [7, 11) is 0. The summed E-state index contributed by atoms with van der Waals surface area (Å²) in [5, 5.41) is 15.0. The lowest BCUT2D eigenvalue weighted by Gasteiger charge is -2.22. The van der Waals surface area contributed by atoms with Gasteiger partial charge in [-0.2, -0.15) is 5.10 Å². The number of rotatable bonds is 7. The molecular weight excluding hydrogens is 224 g/mol.